The Hall–Kier alpha value is -0.930. The van der Waals surface area contributed by atoms with E-state index in [9.17, 15) is 5.11 Å². The van der Waals surface area contributed by atoms with Crippen LogP contribution in [0.1, 0.15) is 44.5 Å². The summed E-state index contributed by atoms with van der Waals surface area (Å²) in [6.45, 7) is 8.29. The van der Waals surface area contributed by atoms with E-state index >= 15 is 0 Å². The van der Waals surface area contributed by atoms with E-state index in [1.807, 2.05) is 13.0 Å². The van der Waals surface area contributed by atoms with Crippen LogP contribution in [0.2, 0.25) is 0 Å². The SMILES string of the molecule is CCN(Cc1cccc(C)n1)C1CC(C)CCC1O. The highest BCUT2D eigenvalue weighted by Gasteiger charge is 2.31. The van der Waals surface area contributed by atoms with E-state index in [1.165, 1.54) is 0 Å². The molecule has 0 aromatic carbocycles. The number of likely N-dealkylation sites (N-methyl/N-ethyl adjacent to an activating group) is 1. The van der Waals surface area contributed by atoms with Gasteiger partial charge in [-0.05, 0) is 50.8 Å². The number of hydrogen-bond acceptors (Lipinski definition) is 3. The van der Waals surface area contributed by atoms with Crippen LogP contribution in [0, 0.1) is 12.8 Å². The quantitative estimate of drug-likeness (QED) is 0.906. The number of aliphatic hydroxyl groups excluding tert-OH is 1. The molecule has 3 atom stereocenters. The Morgan fingerprint density at radius 3 is 2.84 bits per heavy atom. The van der Waals surface area contributed by atoms with E-state index in [1.54, 1.807) is 0 Å². The maximum Gasteiger partial charge on any atom is 0.0695 e. The average molecular weight is 262 g/mol. The monoisotopic (exact) mass is 262 g/mol. The normalized spacial score (nSPS) is 27.7. The zero-order valence-corrected chi connectivity index (χ0v) is 12.3. The summed E-state index contributed by atoms with van der Waals surface area (Å²) in [6.07, 6.45) is 3.00. The Bertz CT molecular complexity index is 407. The third-order valence-corrected chi connectivity index (χ3v) is 4.23. The molecule has 3 nitrogen and oxygen atoms in total. The molecule has 1 fully saturated rings. The van der Waals surface area contributed by atoms with Crippen molar-refractivity contribution < 1.29 is 5.11 Å². The molecule has 1 aliphatic carbocycles. The summed E-state index contributed by atoms with van der Waals surface area (Å²) in [4.78, 5) is 6.95. The summed E-state index contributed by atoms with van der Waals surface area (Å²) < 4.78 is 0. The number of pyridine rings is 1. The van der Waals surface area contributed by atoms with Gasteiger partial charge in [0, 0.05) is 18.3 Å². The van der Waals surface area contributed by atoms with Gasteiger partial charge in [-0.1, -0.05) is 19.9 Å². The van der Waals surface area contributed by atoms with E-state index in [0.717, 1.165) is 43.7 Å². The van der Waals surface area contributed by atoms with Gasteiger partial charge in [-0.2, -0.15) is 0 Å². The number of aromatic nitrogens is 1. The number of rotatable bonds is 4. The van der Waals surface area contributed by atoms with Crippen LogP contribution < -0.4 is 0 Å². The molecule has 106 valence electrons. The van der Waals surface area contributed by atoms with Crippen molar-refractivity contribution in [3.8, 4) is 0 Å². The molecule has 1 heterocycles. The van der Waals surface area contributed by atoms with Crippen LogP contribution in [0.3, 0.4) is 0 Å². The molecule has 1 aliphatic rings. The highest BCUT2D eigenvalue weighted by atomic mass is 16.3. The van der Waals surface area contributed by atoms with Gasteiger partial charge in [0.25, 0.3) is 0 Å². The molecule has 0 amide bonds. The molecular weight excluding hydrogens is 236 g/mol. The van der Waals surface area contributed by atoms with Gasteiger partial charge < -0.3 is 5.11 Å². The van der Waals surface area contributed by atoms with E-state index in [2.05, 4.69) is 35.9 Å². The Kier molecular flexibility index (Phi) is 4.94. The number of nitrogens with zero attached hydrogens (tertiary/aromatic N) is 2. The molecular formula is C16H26N2O. The van der Waals surface area contributed by atoms with Crippen LogP contribution >= 0.6 is 0 Å². The van der Waals surface area contributed by atoms with Gasteiger partial charge in [-0.15, -0.1) is 0 Å². The fourth-order valence-corrected chi connectivity index (χ4v) is 3.09. The minimum Gasteiger partial charge on any atom is -0.391 e. The number of aryl methyl sites for hydroxylation is 1. The minimum atomic E-state index is -0.180. The van der Waals surface area contributed by atoms with Crippen LogP contribution in [0.25, 0.3) is 0 Å². The summed E-state index contributed by atoms with van der Waals surface area (Å²) in [5.74, 6) is 0.716. The van der Waals surface area contributed by atoms with Gasteiger partial charge in [-0.3, -0.25) is 9.88 Å². The molecule has 1 aromatic heterocycles. The largest absolute Gasteiger partial charge is 0.391 e. The van der Waals surface area contributed by atoms with Crippen molar-refractivity contribution in [3.63, 3.8) is 0 Å². The lowest BCUT2D eigenvalue weighted by molar-refractivity contribution is 0.00360. The van der Waals surface area contributed by atoms with E-state index in [0.29, 0.717) is 5.92 Å². The summed E-state index contributed by atoms with van der Waals surface area (Å²) in [6, 6.07) is 6.45. The molecule has 0 bridgehead atoms. The molecule has 3 heteroatoms. The summed E-state index contributed by atoms with van der Waals surface area (Å²) in [5, 5.41) is 10.3. The van der Waals surface area contributed by atoms with Gasteiger partial charge in [0.1, 0.15) is 0 Å². The zero-order valence-electron chi connectivity index (χ0n) is 12.3. The summed E-state index contributed by atoms with van der Waals surface area (Å²) in [5.41, 5.74) is 2.17. The van der Waals surface area contributed by atoms with E-state index in [-0.39, 0.29) is 12.1 Å². The first-order chi connectivity index (χ1) is 9.10. The van der Waals surface area contributed by atoms with Crippen LogP contribution in [-0.4, -0.2) is 33.7 Å². The first-order valence-corrected chi connectivity index (χ1v) is 7.44. The molecule has 1 N–H and O–H groups in total. The molecule has 3 unspecified atom stereocenters. The number of hydrogen-bond donors (Lipinski definition) is 1. The van der Waals surface area contributed by atoms with E-state index in [4.69, 9.17) is 0 Å². The second kappa shape index (κ2) is 6.49. The smallest absolute Gasteiger partial charge is 0.0695 e. The zero-order chi connectivity index (χ0) is 13.8. The molecule has 0 spiro atoms. The first kappa shape index (κ1) is 14.5. The standard InChI is InChI=1S/C16H26N2O/c1-4-18(11-14-7-5-6-13(3)17-14)15-10-12(2)8-9-16(15)19/h5-7,12,15-16,19H,4,8-11H2,1-3H3. The second-order valence-electron chi connectivity index (χ2n) is 5.89. The summed E-state index contributed by atoms with van der Waals surface area (Å²) in [7, 11) is 0. The van der Waals surface area contributed by atoms with Crippen molar-refractivity contribution in [1.29, 1.82) is 0 Å². The van der Waals surface area contributed by atoms with Crippen LogP contribution in [0.4, 0.5) is 0 Å². The molecule has 2 rings (SSSR count). The predicted molar refractivity (Wildman–Crippen MR) is 77.9 cm³/mol. The third kappa shape index (κ3) is 3.77. The van der Waals surface area contributed by atoms with Crippen LogP contribution in [-0.2, 0) is 6.54 Å². The van der Waals surface area contributed by atoms with Gasteiger partial charge >= 0.3 is 0 Å². The summed E-state index contributed by atoms with van der Waals surface area (Å²) >= 11 is 0. The highest BCUT2D eigenvalue weighted by Crippen LogP contribution is 2.28. The first-order valence-electron chi connectivity index (χ1n) is 7.44. The molecule has 19 heavy (non-hydrogen) atoms. The molecule has 1 saturated carbocycles. The maximum absolute atomic E-state index is 10.3. The Labute approximate surface area is 116 Å². The average Bonchev–Trinajstić information content (AvgIpc) is 2.39. The van der Waals surface area contributed by atoms with Gasteiger partial charge in [0.15, 0.2) is 0 Å². The van der Waals surface area contributed by atoms with Gasteiger partial charge in [-0.25, -0.2) is 0 Å². The molecule has 0 aliphatic heterocycles. The Morgan fingerprint density at radius 1 is 1.37 bits per heavy atom. The third-order valence-electron chi connectivity index (χ3n) is 4.23. The lowest BCUT2D eigenvalue weighted by atomic mass is 9.84. The van der Waals surface area contributed by atoms with Crippen molar-refractivity contribution in [2.24, 2.45) is 5.92 Å². The highest BCUT2D eigenvalue weighted by molar-refractivity contribution is 5.10. The fraction of sp³-hybridized carbons (Fsp3) is 0.688. The van der Waals surface area contributed by atoms with E-state index < -0.39 is 0 Å². The van der Waals surface area contributed by atoms with Gasteiger partial charge in [0.05, 0.1) is 11.8 Å². The Morgan fingerprint density at radius 2 is 2.16 bits per heavy atom. The van der Waals surface area contributed by atoms with Crippen molar-refractivity contribution >= 4 is 0 Å². The van der Waals surface area contributed by atoms with Crippen LogP contribution in [0.5, 0.6) is 0 Å². The predicted octanol–water partition coefficient (Wildman–Crippen LogP) is 2.76. The number of aliphatic hydroxyl groups is 1. The minimum absolute atomic E-state index is 0.180. The van der Waals surface area contributed by atoms with Gasteiger partial charge in [0.2, 0.25) is 0 Å². The van der Waals surface area contributed by atoms with Crippen molar-refractivity contribution in [2.45, 2.75) is 58.7 Å². The topological polar surface area (TPSA) is 36.4 Å². The Balaban J connectivity index is 2.06. The van der Waals surface area contributed by atoms with Crippen molar-refractivity contribution in [3.05, 3.63) is 29.6 Å². The fourth-order valence-electron chi connectivity index (χ4n) is 3.09. The molecule has 0 saturated heterocycles. The maximum atomic E-state index is 10.3. The van der Waals surface area contributed by atoms with Crippen molar-refractivity contribution in [1.82, 2.24) is 9.88 Å². The lowest BCUT2D eigenvalue weighted by Gasteiger charge is -2.39. The molecule has 0 radical (unpaired) electrons. The lowest BCUT2D eigenvalue weighted by Crippen LogP contribution is -2.46. The van der Waals surface area contributed by atoms with Crippen LogP contribution in [0.15, 0.2) is 18.2 Å². The second-order valence-corrected chi connectivity index (χ2v) is 5.89. The van der Waals surface area contributed by atoms with Crippen molar-refractivity contribution in [2.75, 3.05) is 6.54 Å². The molecule has 1 aromatic rings.